The number of rotatable bonds is 4. The molecule has 106 valence electrons. The summed E-state index contributed by atoms with van der Waals surface area (Å²) in [5, 5.41) is 1.05. The van der Waals surface area contributed by atoms with Crippen LogP contribution >= 0.6 is 34.8 Å². The highest BCUT2D eigenvalue weighted by atomic mass is 35.5. The quantitative estimate of drug-likeness (QED) is 0.767. The normalized spacial score (nSPS) is 10.6. The first-order chi connectivity index (χ1) is 9.52. The number of alkyl halides is 1. The maximum atomic E-state index is 12.2. The van der Waals surface area contributed by atoms with Gasteiger partial charge in [0.2, 0.25) is 0 Å². The number of hydrogen-bond acceptors (Lipinski definition) is 2. The van der Waals surface area contributed by atoms with E-state index in [2.05, 4.69) is 0 Å². The molecule has 0 aliphatic rings. The zero-order valence-corrected chi connectivity index (χ0v) is 13.0. The first-order valence-electron chi connectivity index (χ1n) is 5.86. The van der Waals surface area contributed by atoms with Crippen LogP contribution in [0.1, 0.15) is 21.9 Å². The van der Waals surface area contributed by atoms with Crippen molar-refractivity contribution in [2.24, 2.45) is 0 Å². The van der Waals surface area contributed by atoms with Gasteiger partial charge in [0.05, 0.1) is 5.88 Å². The molecule has 0 aliphatic carbocycles. The second kappa shape index (κ2) is 6.53. The van der Waals surface area contributed by atoms with Crippen molar-refractivity contribution in [3.63, 3.8) is 0 Å². The molecule has 0 saturated carbocycles. The molecule has 6 heteroatoms. The Balaban J connectivity index is 2.15. The summed E-state index contributed by atoms with van der Waals surface area (Å²) in [5.74, 6) is 0.774. The van der Waals surface area contributed by atoms with E-state index in [1.807, 2.05) is 0 Å². The summed E-state index contributed by atoms with van der Waals surface area (Å²) < 4.78 is 5.32. The van der Waals surface area contributed by atoms with Crippen LogP contribution in [0.2, 0.25) is 10.0 Å². The average molecular weight is 333 g/mol. The van der Waals surface area contributed by atoms with Crippen molar-refractivity contribution in [2.45, 2.75) is 12.4 Å². The summed E-state index contributed by atoms with van der Waals surface area (Å²) in [5.41, 5.74) is 0.704. The largest absolute Gasteiger partial charge is 0.455 e. The first-order valence-corrected chi connectivity index (χ1v) is 7.15. The molecule has 20 heavy (non-hydrogen) atoms. The van der Waals surface area contributed by atoms with Crippen LogP contribution in [0.3, 0.4) is 0 Å². The third kappa shape index (κ3) is 3.29. The zero-order chi connectivity index (χ0) is 14.7. The van der Waals surface area contributed by atoms with E-state index in [0.717, 1.165) is 0 Å². The molecule has 0 bridgehead atoms. The standard InChI is InChI=1S/C14H12Cl3NO2/c1-18(8-10-11(16)3-2-4-12(10)17)14(19)13-6-5-9(7-15)20-13/h2-6H,7-8H2,1H3. The molecule has 0 spiro atoms. The van der Waals surface area contributed by atoms with Gasteiger partial charge in [-0.15, -0.1) is 11.6 Å². The molecule has 0 aliphatic heterocycles. The molecule has 1 aromatic heterocycles. The molecular weight excluding hydrogens is 321 g/mol. The van der Waals surface area contributed by atoms with Crippen molar-refractivity contribution in [3.05, 3.63) is 57.5 Å². The second-order valence-electron chi connectivity index (χ2n) is 4.26. The lowest BCUT2D eigenvalue weighted by atomic mass is 10.2. The minimum atomic E-state index is -0.252. The average Bonchev–Trinajstić information content (AvgIpc) is 2.90. The molecule has 0 N–H and O–H groups in total. The van der Waals surface area contributed by atoms with Crippen molar-refractivity contribution in [3.8, 4) is 0 Å². The lowest BCUT2D eigenvalue weighted by Crippen LogP contribution is -2.26. The summed E-state index contributed by atoms with van der Waals surface area (Å²) in [7, 11) is 1.66. The van der Waals surface area contributed by atoms with E-state index in [9.17, 15) is 4.79 Å². The molecule has 1 heterocycles. The number of hydrogen-bond donors (Lipinski definition) is 0. The fourth-order valence-electron chi connectivity index (χ4n) is 1.75. The van der Waals surface area contributed by atoms with Crippen LogP contribution in [0.4, 0.5) is 0 Å². The van der Waals surface area contributed by atoms with Crippen molar-refractivity contribution >= 4 is 40.7 Å². The Kier molecular flexibility index (Phi) is 4.97. The van der Waals surface area contributed by atoms with Gasteiger partial charge >= 0.3 is 0 Å². The van der Waals surface area contributed by atoms with E-state index >= 15 is 0 Å². The van der Waals surface area contributed by atoms with E-state index < -0.39 is 0 Å². The predicted molar refractivity (Wildman–Crippen MR) is 80.5 cm³/mol. The number of halogens is 3. The van der Waals surface area contributed by atoms with Crippen LogP contribution in [-0.4, -0.2) is 17.9 Å². The fraction of sp³-hybridized carbons (Fsp3) is 0.214. The van der Waals surface area contributed by atoms with Gasteiger partial charge in [-0.1, -0.05) is 29.3 Å². The fourth-order valence-corrected chi connectivity index (χ4v) is 2.41. The Labute approximate surface area is 132 Å². The number of carbonyl (C=O) groups excluding carboxylic acids is 1. The molecule has 0 fully saturated rings. The van der Waals surface area contributed by atoms with Crippen LogP contribution in [0.25, 0.3) is 0 Å². The third-order valence-electron chi connectivity index (χ3n) is 2.81. The number of nitrogens with zero attached hydrogens (tertiary/aromatic N) is 1. The van der Waals surface area contributed by atoms with Crippen LogP contribution in [0.5, 0.6) is 0 Å². The molecule has 0 unspecified atom stereocenters. The van der Waals surface area contributed by atoms with Crippen molar-refractivity contribution < 1.29 is 9.21 Å². The number of amides is 1. The van der Waals surface area contributed by atoms with Gasteiger partial charge in [-0.2, -0.15) is 0 Å². The molecule has 2 aromatic rings. The summed E-state index contributed by atoms with van der Waals surface area (Å²) in [6, 6.07) is 8.51. The van der Waals surface area contributed by atoms with Crippen LogP contribution in [0, 0.1) is 0 Å². The van der Waals surface area contributed by atoms with Gasteiger partial charge in [0.15, 0.2) is 5.76 Å². The van der Waals surface area contributed by atoms with Gasteiger partial charge in [0.25, 0.3) is 5.91 Å². The summed E-state index contributed by atoms with van der Waals surface area (Å²) in [6.45, 7) is 0.300. The van der Waals surface area contributed by atoms with E-state index in [0.29, 0.717) is 27.9 Å². The molecule has 0 radical (unpaired) electrons. The van der Waals surface area contributed by atoms with Crippen LogP contribution < -0.4 is 0 Å². The highest BCUT2D eigenvalue weighted by Gasteiger charge is 2.18. The monoisotopic (exact) mass is 331 g/mol. The Morgan fingerprint density at radius 3 is 2.40 bits per heavy atom. The highest BCUT2D eigenvalue weighted by Crippen LogP contribution is 2.26. The van der Waals surface area contributed by atoms with Gasteiger partial charge in [-0.05, 0) is 24.3 Å². The van der Waals surface area contributed by atoms with Gasteiger partial charge < -0.3 is 9.32 Å². The molecule has 0 atom stereocenters. The van der Waals surface area contributed by atoms with E-state index in [1.54, 1.807) is 37.4 Å². The Hall–Kier alpha value is -1.16. The molecular formula is C14H12Cl3NO2. The molecule has 0 saturated heterocycles. The maximum Gasteiger partial charge on any atom is 0.289 e. The van der Waals surface area contributed by atoms with E-state index in [1.165, 1.54) is 4.90 Å². The molecule has 1 aromatic carbocycles. The zero-order valence-electron chi connectivity index (χ0n) is 10.7. The highest BCUT2D eigenvalue weighted by molar-refractivity contribution is 6.36. The molecule has 1 amide bonds. The van der Waals surface area contributed by atoms with E-state index in [-0.39, 0.29) is 17.5 Å². The number of furan rings is 1. The number of benzene rings is 1. The van der Waals surface area contributed by atoms with Crippen LogP contribution in [-0.2, 0) is 12.4 Å². The number of carbonyl (C=O) groups is 1. The smallest absolute Gasteiger partial charge is 0.289 e. The minimum absolute atomic E-state index is 0.229. The minimum Gasteiger partial charge on any atom is -0.455 e. The SMILES string of the molecule is CN(Cc1c(Cl)cccc1Cl)C(=O)c1ccc(CCl)o1. The Morgan fingerprint density at radius 1 is 1.20 bits per heavy atom. The predicted octanol–water partition coefficient (Wildman–Crippen LogP) is 4.60. The maximum absolute atomic E-state index is 12.2. The Morgan fingerprint density at radius 2 is 1.85 bits per heavy atom. The molecule has 2 rings (SSSR count). The topological polar surface area (TPSA) is 33.5 Å². The van der Waals surface area contributed by atoms with Crippen molar-refractivity contribution in [1.29, 1.82) is 0 Å². The van der Waals surface area contributed by atoms with Gasteiger partial charge in [-0.25, -0.2) is 0 Å². The van der Waals surface area contributed by atoms with Gasteiger partial charge in [-0.3, -0.25) is 4.79 Å². The summed E-state index contributed by atoms with van der Waals surface area (Å²) in [6.07, 6.45) is 0. The molecule has 3 nitrogen and oxygen atoms in total. The lowest BCUT2D eigenvalue weighted by molar-refractivity contribution is 0.0752. The third-order valence-corrected chi connectivity index (χ3v) is 3.78. The van der Waals surface area contributed by atoms with Crippen molar-refractivity contribution in [2.75, 3.05) is 7.05 Å². The summed E-state index contributed by atoms with van der Waals surface area (Å²) in [4.78, 5) is 13.7. The first kappa shape index (κ1) is 15.2. The Bertz CT molecular complexity index is 604. The van der Waals surface area contributed by atoms with Crippen molar-refractivity contribution in [1.82, 2.24) is 4.90 Å². The second-order valence-corrected chi connectivity index (χ2v) is 5.34. The van der Waals surface area contributed by atoms with E-state index in [4.69, 9.17) is 39.2 Å². The lowest BCUT2D eigenvalue weighted by Gasteiger charge is -2.17. The van der Waals surface area contributed by atoms with Gasteiger partial charge in [0, 0.05) is 29.2 Å². The van der Waals surface area contributed by atoms with Crippen LogP contribution in [0.15, 0.2) is 34.7 Å². The summed E-state index contributed by atoms with van der Waals surface area (Å²) >= 11 is 17.8. The van der Waals surface area contributed by atoms with Gasteiger partial charge in [0.1, 0.15) is 5.76 Å².